The Hall–Kier alpha value is -3.13. The molecule has 0 saturated carbocycles. The lowest BCUT2D eigenvalue weighted by atomic mass is 9.97. The van der Waals surface area contributed by atoms with Crippen molar-refractivity contribution in [2.24, 2.45) is 0 Å². The van der Waals surface area contributed by atoms with Gasteiger partial charge in [0.1, 0.15) is 11.3 Å². The maximum absolute atomic E-state index is 13.4. The second-order valence-electron chi connectivity index (χ2n) is 7.62. The maximum atomic E-state index is 13.4. The molecule has 8 heteroatoms. The van der Waals surface area contributed by atoms with Crippen LogP contribution in [0.1, 0.15) is 34.1 Å². The summed E-state index contributed by atoms with van der Waals surface area (Å²) in [6.45, 7) is 0. The van der Waals surface area contributed by atoms with E-state index in [2.05, 4.69) is 0 Å². The highest BCUT2D eigenvalue weighted by Gasteiger charge is 2.48. The monoisotopic (exact) mass is 425 g/mol. The lowest BCUT2D eigenvalue weighted by Gasteiger charge is -2.30. The predicted molar refractivity (Wildman–Crippen MR) is 111 cm³/mol. The van der Waals surface area contributed by atoms with Crippen LogP contribution in [-0.4, -0.2) is 43.9 Å². The van der Waals surface area contributed by atoms with Gasteiger partial charge in [0, 0.05) is 6.04 Å². The van der Waals surface area contributed by atoms with E-state index in [1.165, 1.54) is 4.90 Å². The Morgan fingerprint density at radius 1 is 1.07 bits per heavy atom. The zero-order valence-corrected chi connectivity index (χ0v) is 17.0. The van der Waals surface area contributed by atoms with Crippen LogP contribution in [0.3, 0.4) is 0 Å². The van der Waals surface area contributed by atoms with Crippen molar-refractivity contribution in [2.75, 3.05) is 18.6 Å². The van der Waals surface area contributed by atoms with E-state index in [1.54, 1.807) is 55.6 Å². The average molecular weight is 425 g/mol. The summed E-state index contributed by atoms with van der Waals surface area (Å²) in [7, 11) is -1.68. The average Bonchev–Trinajstić information content (AvgIpc) is 3.25. The molecule has 2 aliphatic rings. The van der Waals surface area contributed by atoms with Crippen LogP contribution in [-0.2, 0) is 9.84 Å². The molecule has 1 aromatic heterocycles. The Labute approximate surface area is 172 Å². The molecule has 2 atom stereocenters. The molecule has 3 aromatic rings. The van der Waals surface area contributed by atoms with Gasteiger partial charge in [-0.15, -0.1) is 0 Å². The molecule has 1 saturated heterocycles. The number of benzene rings is 2. The summed E-state index contributed by atoms with van der Waals surface area (Å²) in [6.07, 6.45) is 0.336. The molecule has 0 aliphatic carbocycles. The van der Waals surface area contributed by atoms with Crippen LogP contribution < -0.4 is 10.2 Å². The van der Waals surface area contributed by atoms with Crippen molar-refractivity contribution in [3.05, 3.63) is 75.6 Å². The van der Waals surface area contributed by atoms with E-state index in [0.717, 1.165) is 0 Å². The van der Waals surface area contributed by atoms with Gasteiger partial charge in [0.15, 0.2) is 15.3 Å². The molecule has 1 fully saturated rings. The van der Waals surface area contributed by atoms with Crippen molar-refractivity contribution in [2.45, 2.75) is 18.5 Å². The molecule has 1 amide bonds. The Bertz CT molecular complexity index is 1330. The summed E-state index contributed by atoms with van der Waals surface area (Å²) in [5, 5.41) is 0.392. The first-order chi connectivity index (χ1) is 14.4. The summed E-state index contributed by atoms with van der Waals surface area (Å²) >= 11 is 0. The van der Waals surface area contributed by atoms with Crippen LogP contribution in [0.15, 0.2) is 57.7 Å². The van der Waals surface area contributed by atoms with Crippen LogP contribution in [0.2, 0.25) is 0 Å². The Kier molecular flexibility index (Phi) is 4.21. The number of hydrogen-bond acceptors (Lipinski definition) is 6. The topological polar surface area (TPSA) is 93.9 Å². The summed E-state index contributed by atoms with van der Waals surface area (Å²) in [5.74, 6) is 0.0900. The van der Waals surface area contributed by atoms with Crippen molar-refractivity contribution in [1.82, 2.24) is 4.90 Å². The third-order valence-corrected chi connectivity index (χ3v) is 7.60. The number of para-hydroxylation sites is 1. The first-order valence-electron chi connectivity index (χ1n) is 9.62. The quantitative estimate of drug-likeness (QED) is 0.640. The van der Waals surface area contributed by atoms with Crippen molar-refractivity contribution in [3.8, 4) is 5.75 Å². The highest BCUT2D eigenvalue weighted by molar-refractivity contribution is 7.91. The number of hydrogen-bond donors (Lipinski definition) is 0. The van der Waals surface area contributed by atoms with Gasteiger partial charge in [0.05, 0.1) is 35.6 Å². The van der Waals surface area contributed by atoms with Crippen LogP contribution >= 0.6 is 0 Å². The van der Waals surface area contributed by atoms with Crippen molar-refractivity contribution in [3.63, 3.8) is 0 Å². The fourth-order valence-electron chi connectivity index (χ4n) is 4.42. The van der Waals surface area contributed by atoms with Crippen molar-refractivity contribution >= 4 is 26.7 Å². The Morgan fingerprint density at radius 3 is 2.47 bits per heavy atom. The number of methoxy groups -OCH3 is 1. The largest absolute Gasteiger partial charge is 0.497 e. The number of nitrogens with zero attached hydrogens (tertiary/aromatic N) is 1. The summed E-state index contributed by atoms with van der Waals surface area (Å²) in [4.78, 5) is 28.3. The fraction of sp³-hybridized carbons (Fsp3) is 0.273. The van der Waals surface area contributed by atoms with E-state index >= 15 is 0 Å². The molecule has 0 N–H and O–H groups in total. The first-order valence-corrected chi connectivity index (χ1v) is 11.4. The molecule has 7 nitrogen and oxygen atoms in total. The lowest BCUT2D eigenvalue weighted by molar-refractivity contribution is 0.0662. The van der Waals surface area contributed by atoms with Gasteiger partial charge in [0.2, 0.25) is 5.76 Å². The van der Waals surface area contributed by atoms with Crippen LogP contribution in [0.4, 0.5) is 0 Å². The number of fused-ring (bicyclic) bond motifs is 2. The molecular weight excluding hydrogens is 406 g/mol. The molecule has 0 radical (unpaired) electrons. The third-order valence-electron chi connectivity index (χ3n) is 5.85. The van der Waals surface area contributed by atoms with Crippen LogP contribution in [0.5, 0.6) is 5.75 Å². The first kappa shape index (κ1) is 18.9. The van der Waals surface area contributed by atoms with E-state index in [1.807, 2.05) is 0 Å². The Morgan fingerprint density at radius 2 is 1.80 bits per heavy atom. The fourth-order valence-corrected chi connectivity index (χ4v) is 6.13. The van der Waals surface area contributed by atoms with Gasteiger partial charge in [-0.3, -0.25) is 9.59 Å². The molecule has 30 heavy (non-hydrogen) atoms. The highest BCUT2D eigenvalue weighted by Crippen LogP contribution is 2.41. The summed E-state index contributed by atoms with van der Waals surface area (Å²) < 4.78 is 35.3. The van der Waals surface area contributed by atoms with E-state index in [0.29, 0.717) is 28.7 Å². The molecule has 2 aromatic carbocycles. The molecule has 3 heterocycles. The summed E-state index contributed by atoms with van der Waals surface area (Å²) in [5.41, 5.74) is 1.02. The molecule has 2 aliphatic heterocycles. The van der Waals surface area contributed by atoms with Gasteiger partial charge < -0.3 is 14.1 Å². The predicted octanol–water partition coefficient (Wildman–Crippen LogP) is 2.53. The second kappa shape index (κ2) is 6.70. The standard InChI is InChI=1S/C22H19NO6S/c1-28-15-8-6-13(7-9-15)19-18-20(24)16-4-2-3-5-17(16)29-21(18)22(25)23(19)14-10-11-30(26,27)12-14/h2-9,14,19H,10-12H2,1H3. The molecule has 2 unspecified atom stereocenters. The summed E-state index contributed by atoms with van der Waals surface area (Å²) in [6, 6.07) is 12.7. The molecule has 5 rings (SSSR count). The zero-order valence-electron chi connectivity index (χ0n) is 16.2. The van der Waals surface area contributed by atoms with Gasteiger partial charge in [-0.1, -0.05) is 24.3 Å². The van der Waals surface area contributed by atoms with Crippen LogP contribution in [0, 0.1) is 0 Å². The smallest absolute Gasteiger partial charge is 0.291 e. The van der Waals surface area contributed by atoms with Gasteiger partial charge in [-0.05, 0) is 36.2 Å². The van der Waals surface area contributed by atoms with E-state index < -0.39 is 27.8 Å². The Balaban J connectivity index is 1.74. The number of carbonyl (C=O) groups is 1. The number of sulfone groups is 1. The van der Waals surface area contributed by atoms with Gasteiger partial charge in [-0.25, -0.2) is 8.42 Å². The van der Waals surface area contributed by atoms with Gasteiger partial charge in [0.25, 0.3) is 5.91 Å². The van der Waals surface area contributed by atoms with Crippen molar-refractivity contribution < 1.29 is 22.4 Å². The highest BCUT2D eigenvalue weighted by atomic mass is 32.2. The third kappa shape index (κ3) is 2.82. The minimum absolute atomic E-state index is 0.0104. The van der Waals surface area contributed by atoms with Gasteiger partial charge >= 0.3 is 0 Å². The molecule has 0 bridgehead atoms. The van der Waals surface area contributed by atoms with E-state index in [4.69, 9.17) is 9.15 Å². The minimum Gasteiger partial charge on any atom is -0.497 e. The SMILES string of the molecule is COc1ccc(C2c3c(oc4ccccc4c3=O)C(=O)N2C2CCS(=O)(=O)C2)cc1. The minimum atomic E-state index is -3.23. The molecular formula is C22H19NO6S. The number of amides is 1. The second-order valence-corrected chi connectivity index (χ2v) is 9.84. The number of carbonyl (C=O) groups excluding carboxylic acids is 1. The van der Waals surface area contributed by atoms with E-state index in [9.17, 15) is 18.0 Å². The molecule has 154 valence electrons. The molecule has 0 spiro atoms. The van der Waals surface area contributed by atoms with E-state index in [-0.39, 0.29) is 28.3 Å². The maximum Gasteiger partial charge on any atom is 0.291 e. The number of rotatable bonds is 3. The van der Waals surface area contributed by atoms with Crippen molar-refractivity contribution in [1.29, 1.82) is 0 Å². The van der Waals surface area contributed by atoms with Gasteiger partial charge in [-0.2, -0.15) is 0 Å². The van der Waals surface area contributed by atoms with Crippen LogP contribution in [0.25, 0.3) is 11.0 Å². The normalized spacial score (nSPS) is 22.4. The zero-order chi connectivity index (χ0) is 21.0. The lowest BCUT2D eigenvalue weighted by Crippen LogP contribution is -2.40. The number of ether oxygens (including phenoxy) is 1.